The highest BCUT2D eigenvalue weighted by atomic mass is 16.4. The third-order valence-electron chi connectivity index (χ3n) is 4.17. The van der Waals surface area contributed by atoms with Crippen LogP contribution in [0.2, 0.25) is 0 Å². The van der Waals surface area contributed by atoms with E-state index < -0.39 is 0 Å². The summed E-state index contributed by atoms with van der Waals surface area (Å²) in [6.07, 6.45) is 7.80. The van der Waals surface area contributed by atoms with Crippen LogP contribution in [0.15, 0.2) is 60.7 Å². The van der Waals surface area contributed by atoms with E-state index >= 15 is 0 Å². The fourth-order valence-corrected chi connectivity index (χ4v) is 3.04. The normalized spacial score (nSPS) is 21.3. The number of carbonyl (C=O) groups excluding carboxylic acids is 1. The van der Waals surface area contributed by atoms with E-state index in [1.165, 1.54) is 24.8 Å². The molecule has 2 aromatic rings. The summed E-state index contributed by atoms with van der Waals surface area (Å²) in [5.41, 5.74) is 2.35. The third kappa shape index (κ3) is 3.86. The van der Waals surface area contributed by atoms with Crippen molar-refractivity contribution >= 4 is 6.29 Å². The summed E-state index contributed by atoms with van der Waals surface area (Å²) >= 11 is 0. The molecule has 0 N–H and O–H groups in total. The van der Waals surface area contributed by atoms with E-state index in [0.717, 1.165) is 12.0 Å². The molecule has 1 aliphatic carbocycles. The lowest BCUT2D eigenvalue weighted by atomic mass is 9.82. The van der Waals surface area contributed by atoms with Gasteiger partial charge in [-0.05, 0) is 18.4 Å². The maximum atomic E-state index is 5.85. The van der Waals surface area contributed by atoms with Crippen molar-refractivity contribution in [2.45, 2.75) is 37.7 Å². The molecule has 1 aliphatic rings. The van der Waals surface area contributed by atoms with E-state index in [9.17, 15) is 0 Å². The first-order valence-electron chi connectivity index (χ1n) is 7.95. The van der Waals surface area contributed by atoms with Gasteiger partial charge < -0.3 is 4.42 Å². The Bertz CT molecular complexity index is 661. The largest absolute Gasteiger partial charge is 0.340 e. The smallest absolute Gasteiger partial charge is 0.273 e. The molecule has 1 saturated carbocycles. The molecule has 22 heavy (non-hydrogen) atoms. The second-order valence-corrected chi connectivity index (χ2v) is 5.68. The topological polar surface area (TPSA) is 11.3 Å². The molecule has 3 rings (SSSR count). The fourth-order valence-electron chi connectivity index (χ4n) is 3.04. The lowest BCUT2D eigenvalue weighted by Gasteiger charge is -2.23. The van der Waals surface area contributed by atoms with Crippen molar-refractivity contribution in [2.75, 3.05) is 0 Å². The van der Waals surface area contributed by atoms with Gasteiger partial charge in [0, 0.05) is 6.42 Å². The van der Waals surface area contributed by atoms with Crippen LogP contribution in [-0.4, -0.2) is 12.4 Å². The first-order chi connectivity index (χ1) is 10.9. The average molecular weight is 288 g/mol. The van der Waals surface area contributed by atoms with Crippen LogP contribution in [0, 0.1) is 11.8 Å². The maximum absolute atomic E-state index is 5.85. The van der Waals surface area contributed by atoms with Crippen LogP contribution in [0.1, 0.15) is 42.7 Å². The van der Waals surface area contributed by atoms with Crippen LogP contribution < -0.4 is 0 Å². The molecule has 0 saturated heterocycles. The van der Waals surface area contributed by atoms with Gasteiger partial charge in [0.25, 0.3) is 12.4 Å². The molecule has 0 aliphatic heterocycles. The Morgan fingerprint density at radius 1 is 0.864 bits per heavy atom. The number of hydrogen-bond donors (Lipinski definition) is 0. The van der Waals surface area contributed by atoms with Crippen LogP contribution in [0.25, 0.3) is 0 Å². The van der Waals surface area contributed by atoms with Gasteiger partial charge in [0.15, 0.2) is 0 Å². The summed E-state index contributed by atoms with van der Waals surface area (Å²) in [6, 6.07) is 20.6. The minimum atomic E-state index is 0.196. The second-order valence-electron chi connectivity index (χ2n) is 5.68. The van der Waals surface area contributed by atoms with E-state index in [4.69, 9.17) is 4.42 Å². The van der Waals surface area contributed by atoms with Crippen molar-refractivity contribution in [1.29, 1.82) is 0 Å². The maximum Gasteiger partial charge on any atom is 0.273 e. The lowest BCUT2D eigenvalue weighted by Crippen LogP contribution is -2.23. The summed E-state index contributed by atoms with van der Waals surface area (Å²) in [5.74, 6) is 6.41. The van der Waals surface area contributed by atoms with E-state index in [1.54, 1.807) is 0 Å². The van der Waals surface area contributed by atoms with E-state index in [1.807, 2.05) is 30.3 Å². The van der Waals surface area contributed by atoms with E-state index in [0.29, 0.717) is 5.92 Å². The summed E-state index contributed by atoms with van der Waals surface area (Å²) in [4.78, 5) is 0. The third-order valence-corrected chi connectivity index (χ3v) is 4.17. The van der Waals surface area contributed by atoms with Crippen molar-refractivity contribution in [3.63, 3.8) is 0 Å². The highest BCUT2D eigenvalue weighted by molar-refractivity contribution is 5.75. The standard InChI is InChI=1S/C21H20O/c1-3-10-18(11-4-1)12-9-17-22-21-16-8-7-15-20(21)19-13-5-2-6-14-19/h1-6,10-11,13-14,20-21H,7-8,15-16H2/t20-,21+/m1/s1. The monoisotopic (exact) mass is 288 g/mol. The van der Waals surface area contributed by atoms with Crippen molar-refractivity contribution in [2.24, 2.45) is 0 Å². The zero-order valence-electron chi connectivity index (χ0n) is 12.7. The summed E-state index contributed by atoms with van der Waals surface area (Å²) < 4.78 is 5.85. The van der Waals surface area contributed by atoms with Crippen molar-refractivity contribution in [1.82, 2.24) is 0 Å². The minimum Gasteiger partial charge on any atom is -0.340 e. The highest BCUT2D eigenvalue weighted by Crippen LogP contribution is 2.33. The molecular formula is C21H20O. The van der Waals surface area contributed by atoms with Crippen molar-refractivity contribution in [3.05, 3.63) is 71.8 Å². The molecule has 0 heterocycles. The van der Waals surface area contributed by atoms with Crippen molar-refractivity contribution < 1.29 is 4.42 Å². The number of hydrogen-bond acceptors (Lipinski definition) is 0. The minimum absolute atomic E-state index is 0.196. The van der Waals surface area contributed by atoms with Crippen LogP contribution in [0.3, 0.4) is 0 Å². The molecule has 0 unspecified atom stereocenters. The zero-order chi connectivity index (χ0) is 15.0. The fraction of sp³-hybridized carbons (Fsp3) is 0.286. The Morgan fingerprint density at radius 3 is 2.32 bits per heavy atom. The average Bonchev–Trinajstić information content (AvgIpc) is 2.61. The number of rotatable bonds is 2. The lowest BCUT2D eigenvalue weighted by molar-refractivity contribution is -0.0218. The Hall–Kier alpha value is -2.33. The van der Waals surface area contributed by atoms with Gasteiger partial charge in [-0.3, -0.25) is 5.92 Å². The van der Waals surface area contributed by atoms with E-state index in [-0.39, 0.29) is 6.10 Å². The van der Waals surface area contributed by atoms with E-state index in [2.05, 4.69) is 48.5 Å². The first-order valence-corrected chi connectivity index (χ1v) is 7.95. The van der Waals surface area contributed by atoms with Gasteiger partial charge in [-0.15, -0.1) is 0 Å². The summed E-state index contributed by atoms with van der Waals surface area (Å²) in [7, 11) is 0. The molecule has 0 bridgehead atoms. The van der Waals surface area contributed by atoms with Gasteiger partial charge in [0.2, 0.25) is 0 Å². The predicted molar refractivity (Wildman–Crippen MR) is 90.5 cm³/mol. The molecule has 0 radical (unpaired) electrons. The molecule has 1 nitrogen and oxygen atoms in total. The predicted octanol–water partition coefficient (Wildman–Crippen LogP) is 4.41. The van der Waals surface area contributed by atoms with Crippen LogP contribution in [-0.2, 0) is 4.42 Å². The highest BCUT2D eigenvalue weighted by Gasteiger charge is 2.32. The molecular weight excluding hydrogens is 268 g/mol. The van der Waals surface area contributed by atoms with Gasteiger partial charge in [-0.2, -0.15) is 5.92 Å². The van der Waals surface area contributed by atoms with Crippen LogP contribution in [0.4, 0.5) is 0 Å². The van der Waals surface area contributed by atoms with Gasteiger partial charge >= 0.3 is 0 Å². The Balaban J connectivity index is 1.70. The Kier molecular flexibility index (Phi) is 5.05. The molecule has 1 heteroatoms. The van der Waals surface area contributed by atoms with Gasteiger partial charge in [-0.1, -0.05) is 72.6 Å². The van der Waals surface area contributed by atoms with Gasteiger partial charge in [-0.25, -0.2) is 0 Å². The molecule has 0 amide bonds. The first kappa shape index (κ1) is 14.6. The summed E-state index contributed by atoms with van der Waals surface area (Å²) in [5, 5.41) is 0. The molecule has 0 spiro atoms. The molecule has 1 fully saturated rings. The van der Waals surface area contributed by atoms with Crippen LogP contribution in [0.5, 0.6) is 0 Å². The summed E-state index contributed by atoms with van der Waals surface area (Å²) in [6.45, 7) is 0. The quantitative estimate of drug-likeness (QED) is 0.440. The SMILES string of the molecule is C(#Cc1ccccc1)[C-]=[O+][C@H]1CCCC[C@@H]1c1ccccc1. The van der Waals surface area contributed by atoms with Crippen molar-refractivity contribution in [3.8, 4) is 11.8 Å². The Labute approximate surface area is 132 Å². The second kappa shape index (κ2) is 7.61. The molecule has 2 aromatic carbocycles. The number of benzene rings is 2. The molecule has 0 aromatic heterocycles. The Morgan fingerprint density at radius 2 is 1.55 bits per heavy atom. The molecule has 2 atom stereocenters. The van der Waals surface area contributed by atoms with Crippen LogP contribution >= 0.6 is 0 Å². The van der Waals surface area contributed by atoms with Gasteiger partial charge in [0.1, 0.15) is 0 Å². The zero-order valence-corrected chi connectivity index (χ0v) is 12.7. The van der Waals surface area contributed by atoms with Gasteiger partial charge in [0.05, 0.1) is 5.92 Å². The molecule has 110 valence electrons.